The van der Waals surface area contributed by atoms with Gasteiger partial charge in [0.15, 0.2) is 11.9 Å². The first-order valence-electron chi connectivity index (χ1n) is 9.23. The van der Waals surface area contributed by atoms with Crippen molar-refractivity contribution in [2.45, 2.75) is 57.3 Å². The second-order valence-electron chi connectivity index (χ2n) is 7.35. The van der Waals surface area contributed by atoms with Gasteiger partial charge in [-0.3, -0.25) is 4.79 Å². The van der Waals surface area contributed by atoms with Crippen LogP contribution in [0.25, 0.3) is 0 Å². The third-order valence-electron chi connectivity index (χ3n) is 4.89. The van der Waals surface area contributed by atoms with E-state index in [0.29, 0.717) is 19.3 Å². The first kappa shape index (κ1) is 18.8. The van der Waals surface area contributed by atoms with E-state index >= 15 is 0 Å². The van der Waals surface area contributed by atoms with Gasteiger partial charge in [0.05, 0.1) is 6.42 Å². The topological polar surface area (TPSA) is 68.5 Å². The van der Waals surface area contributed by atoms with Crippen LogP contribution in [-0.2, 0) is 17.6 Å². The maximum Gasteiger partial charge on any atom is 0.406 e. The van der Waals surface area contributed by atoms with Gasteiger partial charge in [0.25, 0.3) is 5.89 Å². The molecule has 1 aromatic carbocycles. The number of fused-ring (bicyclic) bond motifs is 1. The van der Waals surface area contributed by atoms with Gasteiger partial charge in [-0.2, -0.15) is 18.2 Å². The summed E-state index contributed by atoms with van der Waals surface area (Å²) in [5.41, 5.74) is 2.26. The molecule has 1 aromatic heterocycles. The van der Waals surface area contributed by atoms with E-state index in [1.165, 1.54) is 0 Å². The number of ether oxygens (including phenoxy) is 1. The molecule has 0 saturated heterocycles. The molecule has 1 aliphatic heterocycles. The van der Waals surface area contributed by atoms with Gasteiger partial charge in [0.1, 0.15) is 12.3 Å². The second kappa shape index (κ2) is 7.10. The van der Waals surface area contributed by atoms with Crippen molar-refractivity contribution in [2.75, 3.05) is 6.54 Å². The highest BCUT2D eigenvalue weighted by Gasteiger charge is 2.40. The minimum atomic E-state index is -4.43. The number of halogens is 3. The van der Waals surface area contributed by atoms with Crippen molar-refractivity contribution >= 4 is 5.91 Å². The van der Waals surface area contributed by atoms with Crippen LogP contribution in [0.4, 0.5) is 13.2 Å². The van der Waals surface area contributed by atoms with Crippen molar-refractivity contribution < 1.29 is 27.2 Å². The van der Waals surface area contributed by atoms with Crippen LogP contribution in [0.5, 0.6) is 5.75 Å². The lowest BCUT2D eigenvalue weighted by Crippen LogP contribution is -2.41. The Kier molecular flexibility index (Phi) is 4.76. The highest BCUT2D eigenvalue weighted by Crippen LogP contribution is 2.35. The molecule has 1 aliphatic carbocycles. The van der Waals surface area contributed by atoms with Crippen LogP contribution in [0.15, 0.2) is 22.7 Å². The maximum absolute atomic E-state index is 12.7. The van der Waals surface area contributed by atoms with Crippen molar-refractivity contribution in [1.29, 1.82) is 0 Å². The summed E-state index contributed by atoms with van der Waals surface area (Å²) in [5, 5.41) is 3.77. The lowest BCUT2D eigenvalue weighted by molar-refractivity contribution is -0.162. The van der Waals surface area contributed by atoms with E-state index in [1.807, 2.05) is 19.1 Å². The predicted molar refractivity (Wildman–Crippen MR) is 91.7 cm³/mol. The number of hydrogen-bond donors (Lipinski definition) is 0. The first-order chi connectivity index (χ1) is 13.3. The third-order valence-corrected chi connectivity index (χ3v) is 4.89. The Bertz CT molecular complexity index is 877. The van der Waals surface area contributed by atoms with E-state index in [9.17, 15) is 18.0 Å². The Labute approximate surface area is 159 Å². The molecule has 2 aromatic rings. The monoisotopic (exact) mass is 395 g/mol. The maximum atomic E-state index is 12.7. The standard InChI is InChI=1S/C19H20F3N3O3/c1-11-2-6-14-12(8-11)3-7-15(27-14)18-23-16(24-28-18)9-17(26)25(13-4-5-13)10-19(20,21)22/h2,6,8,13,15H,3-5,7,9-10H2,1H3. The van der Waals surface area contributed by atoms with Crippen LogP contribution < -0.4 is 4.74 Å². The van der Waals surface area contributed by atoms with E-state index in [1.54, 1.807) is 0 Å². The number of benzene rings is 1. The molecular weight excluding hydrogens is 375 g/mol. The highest BCUT2D eigenvalue weighted by atomic mass is 19.4. The minimum Gasteiger partial charge on any atom is -0.480 e. The molecule has 0 radical (unpaired) electrons. The summed E-state index contributed by atoms with van der Waals surface area (Å²) in [6.07, 6.45) is -2.56. The van der Waals surface area contributed by atoms with Crippen molar-refractivity contribution in [1.82, 2.24) is 15.0 Å². The molecule has 1 atom stereocenters. The molecule has 28 heavy (non-hydrogen) atoms. The Morgan fingerprint density at radius 2 is 2.07 bits per heavy atom. The van der Waals surface area contributed by atoms with E-state index in [2.05, 4.69) is 16.2 Å². The molecule has 0 bridgehead atoms. The van der Waals surface area contributed by atoms with Crippen LogP contribution in [-0.4, -0.2) is 39.7 Å². The average molecular weight is 395 g/mol. The fourth-order valence-electron chi connectivity index (χ4n) is 3.40. The Hall–Kier alpha value is -2.58. The van der Waals surface area contributed by atoms with Crippen LogP contribution in [0.3, 0.4) is 0 Å². The molecule has 0 N–H and O–H groups in total. The molecule has 1 unspecified atom stereocenters. The number of aromatic nitrogens is 2. The van der Waals surface area contributed by atoms with E-state index in [-0.39, 0.29) is 24.2 Å². The number of carbonyl (C=O) groups excluding carboxylic acids is 1. The molecule has 1 fully saturated rings. The number of hydrogen-bond acceptors (Lipinski definition) is 5. The summed E-state index contributed by atoms with van der Waals surface area (Å²) in [6.45, 7) is 0.764. The van der Waals surface area contributed by atoms with Gasteiger partial charge >= 0.3 is 6.18 Å². The lowest BCUT2D eigenvalue weighted by atomic mass is 10.0. The fourth-order valence-corrected chi connectivity index (χ4v) is 3.40. The zero-order valence-electron chi connectivity index (χ0n) is 15.3. The van der Waals surface area contributed by atoms with E-state index in [0.717, 1.165) is 28.2 Å². The molecule has 2 heterocycles. The van der Waals surface area contributed by atoms with Gasteiger partial charge in [-0.15, -0.1) is 0 Å². The molecule has 4 rings (SSSR count). The van der Waals surface area contributed by atoms with Crippen LogP contribution in [0, 0.1) is 6.92 Å². The van der Waals surface area contributed by atoms with Gasteiger partial charge in [0, 0.05) is 6.04 Å². The fraction of sp³-hybridized carbons (Fsp3) is 0.526. The minimum absolute atomic E-state index is 0.0751. The summed E-state index contributed by atoms with van der Waals surface area (Å²) in [4.78, 5) is 17.4. The number of rotatable bonds is 5. The number of alkyl halides is 3. The Morgan fingerprint density at radius 3 is 2.79 bits per heavy atom. The van der Waals surface area contributed by atoms with Crippen molar-refractivity contribution in [3.05, 3.63) is 41.0 Å². The first-order valence-corrected chi connectivity index (χ1v) is 9.23. The van der Waals surface area contributed by atoms with Crippen LogP contribution >= 0.6 is 0 Å². The van der Waals surface area contributed by atoms with Crippen molar-refractivity contribution in [3.8, 4) is 5.75 Å². The molecule has 1 amide bonds. The zero-order valence-corrected chi connectivity index (χ0v) is 15.3. The van der Waals surface area contributed by atoms with Gasteiger partial charge < -0.3 is 14.2 Å². The predicted octanol–water partition coefficient (Wildman–Crippen LogP) is 3.54. The number of nitrogens with zero attached hydrogens (tertiary/aromatic N) is 3. The summed E-state index contributed by atoms with van der Waals surface area (Å²) < 4.78 is 49.3. The number of amides is 1. The van der Waals surface area contributed by atoms with Gasteiger partial charge in [-0.05, 0) is 44.2 Å². The molecule has 150 valence electrons. The Balaban J connectivity index is 1.42. The number of carbonyl (C=O) groups is 1. The summed E-state index contributed by atoms with van der Waals surface area (Å²) >= 11 is 0. The molecule has 9 heteroatoms. The smallest absolute Gasteiger partial charge is 0.406 e. The summed E-state index contributed by atoms with van der Waals surface area (Å²) in [5.74, 6) is 0.425. The molecule has 1 saturated carbocycles. The molecular formula is C19H20F3N3O3. The lowest BCUT2D eigenvalue weighted by Gasteiger charge is -2.23. The molecule has 2 aliphatic rings. The summed E-state index contributed by atoms with van der Waals surface area (Å²) in [6, 6.07) is 5.56. The largest absolute Gasteiger partial charge is 0.480 e. The third kappa shape index (κ3) is 4.28. The van der Waals surface area contributed by atoms with Gasteiger partial charge in [-0.25, -0.2) is 0 Å². The number of aryl methyl sites for hydroxylation is 2. The Morgan fingerprint density at radius 1 is 1.29 bits per heavy atom. The zero-order chi connectivity index (χ0) is 19.9. The van der Waals surface area contributed by atoms with Gasteiger partial charge in [-0.1, -0.05) is 22.9 Å². The van der Waals surface area contributed by atoms with Crippen molar-refractivity contribution in [2.24, 2.45) is 0 Å². The highest BCUT2D eigenvalue weighted by molar-refractivity contribution is 5.78. The summed E-state index contributed by atoms with van der Waals surface area (Å²) in [7, 11) is 0. The molecule has 6 nitrogen and oxygen atoms in total. The average Bonchev–Trinajstić information content (AvgIpc) is 3.37. The normalized spacial score (nSPS) is 19.1. The van der Waals surface area contributed by atoms with Gasteiger partial charge in [0.2, 0.25) is 5.91 Å². The van der Waals surface area contributed by atoms with Crippen molar-refractivity contribution in [3.63, 3.8) is 0 Å². The quantitative estimate of drug-likeness (QED) is 0.775. The van der Waals surface area contributed by atoms with Crippen LogP contribution in [0.2, 0.25) is 0 Å². The SMILES string of the molecule is Cc1ccc2c(c1)CCC(c1nc(CC(=O)N(CC(F)(F)F)C3CC3)no1)O2. The van der Waals surface area contributed by atoms with E-state index < -0.39 is 24.7 Å². The second-order valence-corrected chi connectivity index (χ2v) is 7.35. The van der Waals surface area contributed by atoms with E-state index in [4.69, 9.17) is 9.26 Å². The van der Waals surface area contributed by atoms with Crippen LogP contribution in [0.1, 0.15) is 48.2 Å². The molecule has 0 spiro atoms.